The Morgan fingerprint density at radius 3 is 2.69 bits per heavy atom. The van der Waals surface area contributed by atoms with Crippen molar-refractivity contribution in [1.82, 2.24) is 0 Å². The summed E-state index contributed by atoms with van der Waals surface area (Å²) in [7, 11) is 0. The van der Waals surface area contributed by atoms with Gasteiger partial charge in [0, 0.05) is 6.42 Å². The molecule has 0 aromatic heterocycles. The van der Waals surface area contributed by atoms with Crippen molar-refractivity contribution >= 4 is 12.0 Å². The van der Waals surface area contributed by atoms with E-state index in [0.717, 1.165) is 5.56 Å². The predicted molar refractivity (Wildman–Crippen MR) is 65.8 cm³/mol. The van der Waals surface area contributed by atoms with Crippen LogP contribution in [0.15, 0.2) is 49.1 Å². The van der Waals surface area contributed by atoms with E-state index in [1.807, 2.05) is 42.5 Å². The predicted octanol–water partition coefficient (Wildman–Crippen LogP) is 3.21. The van der Waals surface area contributed by atoms with E-state index in [2.05, 4.69) is 6.58 Å². The second-order valence-corrected chi connectivity index (χ2v) is 3.31. The van der Waals surface area contributed by atoms with Crippen molar-refractivity contribution in [3.63, 3.8) is 0 Å². The summed E-state index contributed by atoms with van der Waals surface area (Å²) < 4.78 is 5.13. The molecular formula is C14H16O2. The smallest absolute Gasteiger partial charge is 0.306 e. The van der Waals surface area contributed by atoms with E-state index < -0.39 is 0 Å². The van der Waals surface area contributed by atoms with Gasteiger partial charge in [-0.2, -0.15) is 0 Å². The monoisotopic (exact) mass is 216 g/mol. The molecule has 0 aliphatic heterocycles. The first-order valence-electron chi connectivity index (χ1n) is 5.31. The van der Waals surface area contributed by atoms with E-state index in [9.17, 15) is 4.79 Å². The lowest BCUT2D eigenvalue weighted by molar-refractivity contribution is -0.144. The van der Waals surface area contributed by atoms with Gasteiger partial charge in [0.1, 0.15) is 6.10 Å². The molecule has 0 saturated heterocycles. The summed E-state index contributed by atoms with van der Waals surface area (Å²) in [5.41, 5.74) is 1.07. The van der Waals surface area contributed by atoms with Crippen molar-refractivity contribution in [2.45, 2.75) is 19.4 Å². The molecule has 1 aromatic rings. The summed E-state index contributed by atoms with van der Waals surface area (Å²) >= 11 is 0. The summed E-state index contributed by atoms with van der Waals surface area (Å²) in [6.45, 7) is 5.40. The third-order valence-corrected chi connectivity index (χ3v) is 2.07. The van der Waals surface area contributed by atoms with Gasteiger partial charge in [-0.05, 0) is 17.7 Å². The van der Waals surface area contributed by atoms with Crippen LogP contribution in [0.5, 0.6) is 0 Å². The summed E-state index contributed by atoms with van der Waals surface area (Å²) in [5, 5.41) is 0. The van der Waals surface area contributed by atoms with Crippen molar-refractivity contribution in [3.05, 3.63) is 54.6 Å². The average molecular weight is 216 g/mol. The van der Waals surface area contributed by atoms with Crippen molar-refractivity contribution in [1.29, 1.82) is 0 Å². The highest BCUT2D eigenvalue weighted by Crippen LogP contribution is 2.05. The fourth-order valence-corrected chi connectivity index (χ4v) is 1.17. The van der Waals surface area contributed by atoms with Crippen LogP contribution >= 0.6 is 0 Å². The molecule has 2 nitrogen and oxygen atoms in total. The fourth-order valence-electron chi connectivity index (χ4n) is 1.17. The zero-order chi connectivity index (χ0) is 11.8. The molecule has 0 radical (unpaired) electrons. The minimum atomic E-state index is -0.354. The van der Waals surface area contributed by atoms with Crippen LogP contribution in [0.4, 0.5) is 0 Å². The second-order valence-electron chi connectivity index (χ2n) is 3.31. The van der Waals surface area contributed by atoms with Crippen molar-refractivity contribution < 1.29 is 9.53 Å². The second kappa shape index (κ2) is 6.62. The number of carbonyl (C=O) groups is 1. The first-order valence-corrected chi connectivity index (χ1v) is 5.31. The van der Waals surface area contributed by atoms with Crippen LogP contribution in [-0.4, -0.2) is 12.1 Å². The fraction of sp³-hybridized carbons (Fsp3) is 0.214. The molecule has 0 fully saturated rings. The van der Waals surface area contributed by atoms with E-state index in [1.54, 1.807) is 13.0 Å². The Morgan fingerprint density at radius 1 is 1.44 bits per heavy atom. The van der Waals surface area contributed by atoms with E-state index >= 15 is 0 Å². The highest BCUT2D eigenvalue weighted by molar-refractivity contribution is 5.69. The maximum absolute atomic E-state index is 11.1. The number of carbonyl (C=O) groups excluding carboxylic acids is 1. The summed E-state index contributed by atoms with van der Waals surface area (Å²) in [5.74, 6) is -0.220. The van der Waals surface area contributed by atoms with Crippen molar-refractivity contribution in [3.8, 4) is 0 Å². The normalized spacial score (nSPS) is 12.3. The van der Waals surface area contributed by atoms with Crippen molar-refractivity contribution in [2.24, 2.45) is 0 Å². The first kappa shape index (κ1) is 12.2. The molecule has 0 bridgehead atoms. The lowest BCUT2D eigenvalue weighted by atomic mass is 10.2. The summed E-state index contributed by atoms with van der Waals surface area (Å²) in [4.78, 5) is 11.1. The quantitative estimate of drug-likeness (QED) is 0.558. The average Bonchev–Trinajstić information content (AvgIpc) is 2.35. The molecule has 1 rings (SSSR count). The molecule has 0 aliphatic rings. The maximum atomic E-state index is 11.1. The van der Waals surface area contributed by atoms with Gasteiger partial charge in [-0.3, -0.25) is 4.79 Å². The third-order valence-electron chi connectivity index (χ3n) is 2.07. The van der Waals surface area contributed by atoms with Crippen LogP contribution in [0, 0.1) is 0 Å². The van der Waals surface area contributed by atoms with E-state index in [-0.39, 0.29) is 12.1 Å². The maximum Gasteiger partial charge on any atom is 0.306 e. The van der Waals surface area contributed by atoms with Crippen LogP contribution in [0.25, 0.3) is 6.08 Å². The highest BCUT2D eigenvalue weighted by atomic mass is 16.5. The molecule has 1 atom stereocenters. The van der Waals surface area contributed by atoms with Gasteiger partial charge in [0.05, 0.1) is 0 Å². The molecule has 0 N–H and O–H groups in total. The lowest BCUT2D eigenvalue weighted by Crippen LogP contribution is -2.12. The Bertz CT molecular complexity index is 366. The molecule has 0 amide bonds. The highest BCUT2D eigenvalue weighted by Gasteiger charge is 2.04. The van der Waals surface area contributed by atoms with E-state index in [0.29, 0.717) is 6.42 Å². The van der Waals surface area contributed by atoms with Crippen LogP contribution < -0.4 is 0 Å². The molecule has 0 saturated carbocycles. The summed E-state index contributed by atoms with van der Waals surface area (Å²) in [6.07, 6.45) is 5.36. The largest absolute Gasteiger partial charge is 0.454 e. The zero-order valence-electron chi connectivity index (χ0n) is 9.43. The number of benzene rings is 1. The molecule has 0 aliphatic carbocycles. The molecular weight excluding hydrogens is 200 g/mol. The standard InChI is InChI=1S/C14H16O2/c1-3-13(16-14(15)4-2)11-10-12-8-6-5-7-9-12/h3,5-11,13H,1,4H2,2H3. The van der Waals surface area contributed by atoms with Gasteiger partial charge >= 0.3 is 5.97 Å². The van der Waals surface area contributed by atoms with Gasteiger partial charge in [0.15, 0.2) is 0 Å². The number of ether oxygens (including phenoxy) is 1. The molecule has 1 unspecified atom stereocenters. The topological polar surface area (TPSA) is 26.3 Å². The van der Waals surface area contributed by atoms with Gasteiger partial charge < -0.3 is 4.74 Å². The van der Waals surface area contributed by atoms with Gasteiger partial charge in [-0.25, -0.2) is 0 Å². The minimum Gasteiger partial charge on any atom is -0.454 e. The first-order chi connectivity index (χ1) is 7.76. The number of esters is 1. The number of hydrogen-bond donors (Lipinski definition) is 0. The van der Waals surface area contributed by atoms with E-state index in [4.69, 9.17) is 4.74 Å². The molecule has 1 aromatic carbocycles. The van der Waals surface area contributed by atoms with Gasteiger partial charge in [0.25, 0.3) is 0 Å². The SMILES string of the molecule is C=CC(C=Cc1ccccc1)OC(=O)CC. The minimum absolute atomic E-state index is 0.220. The lowest BCUT2D eigenvalue weighted by Gasteiger charge is -2.08. The van der Waals surface area contributed by atoms with Crippen LogP contribution in [0.2, 0.25) is 0 Å². The Morgan fingerprint density at radius 2 is 2.12 bits per heavy atom. The zero-order valence-corrected chi connectivity index (χ0v) is 9.43. The van der Waals surface area contributed by atoms with Crippen LogP contribution in [-0.2, 0) is 9.53 Å². The third kappa shape index (κ3) is 4.13. The van der Waals surface area contributed by atoms with Crippen LogP contribution in [0.1, 0.15) is 18.9 Å². The Hall–Kier alpha value is -1.83. The Kier molecular flexibility index (Phi) is 5.06. The molecule has 0 heterocycles. The van der Waals surface area contributed by atoms with Gasteiger partial charge in [0.2, 0.25) is 0 Å². The van der Waals surface area contributed by atoms with E-state index in [1.165, 1.54) is 0 Å². The molecule has 0 spiro atoms. The number of rotatable bonds is 5. The van der Waals surface area contributed by atoms with Gasteiger partial charge in [-0.15, -0.1) is 0 Å². The Labute approximate surface area is 96.2 Å². The molecule has 84 valence electrons. The molecule has 2 heteroatoms. The van der Waals surface area contributed by atoms with Crippen molar-refractivity contribution in [2.75, 3.05) is 0 Å². The summed E-state index contributed by atoms with van der Waals surface area (Å²) in [6, 6.07) is 9.84. The molecule has 16 heavy (non-hydrogen) atoms. The number of hydrogen-bond acceptors (Lipinski definition) is 2. The van der Waals surface area contributed by atoms with Gasteiger partial charge in [-0.1, -0.05) is 49.9 Å². The Balaban J connectivity index is 2.60. The van der Waals surface area contributed by atoms with Crippen LogP contribution in [0.3, 0.4) is 0 Å².